The normalized spacial score (nSPS) is 22.1. The fourth-order valence-electron chi connectivity index (χ4n) is 4.80. The highest BCUT2D eigenvalue weighted by Crippen LogP contribution is 2.29. The lowest BCUT2D eigenvalue weighted by Crippen LogP contribution is -2.61. The Hall–Kier alpha value is -3.44. The molecule has 2 heterocycles. The molecule has 1 saturated heterocycles. The number of hydrogen-bond donors (Lipinski definition) is 2. The molecule has 3 aromatic carbocycles. The highest BCUT2D eigenvalue weighted by Gasteiger charge is 2.47. The van der Waals surface area contributed by atoms with Gasteiger partial charge in [0.2, 0.25) is 0 Å². The van der Waals surface area contributed by atoms with E-state index in [2.05, 4.69) is 10.3 Å². The standard InChI is InChI=1S/C33H36N2O6S/c1-23(36)29-18-35-33(42-29)34-17-27-31(39-20-25-13-7-3-8-14-25)32(40-21-26-15-9-4-10-16-26)30(37)28(41-27)22-38-19-24-11-5-2-6-12-24/h2-16,18,27-28,30-32,37H,17,19-22H2,1H3,(H,34,35)/t27-,28-,30-,31-,32+/m1/s1. The monoisotopic (exact) mass is 588 g/mol. The van der Waals surface area contributed by atoms with Gasteiger partial charge in [-0.05, 0) is 16.7 Å². The number of aliphatic hydroxyl groups excluding tert-OH is 1. The van der Waals surface area contributed by atoms with Crippen LogP contribution in [0, 0.1) is 0 Å². The van der Waals surface area contributed by atoms with Crippen molar-refractivity contribution in [3.63, 3.8) is 0 Å². The maximum absolute atomic E-state index is 11.8. The highest BCUT2D eigenvalue weighted by molar-refractivity contribution is 7.17. The maximum atomic E-state index is 11.8. The molecule has 0 amide bonds. The summed E-state index contributed by atoms with van der Waals surface area (Å²) in [5.41, 5.74) is 3.02. The minimum absolute atomic E-state index is 0.0355. The van der Waals surface area contributed by atoms with Gasteiger partial charge in [0.05, 0.1) is 37.5 Å². The molecule has 1 fully saturated rings. The lowest BCUT2D eigenvalue weighted by atomic mass is 9.94. The molecule has 1 aliphatic heterocycles. The van der Waals surface area contributed by atoms with E-state index in [0.29, 0.717) is 36.4 Å². The van der Waals surface area contributed by atoms with Crippen LogP contribution in [0.15, 0.2) is 97.2 Å². The number of ketones is 1. The van der Waals surface area contributed by atoms with Crippen molar-refractivity contribution in [3.8, 4) is 0 Å². The second-order valence-electron chi connectivity index (χ2n) is 10.2. The Morgan fingerprint density at radius 1 is 0.833 bits per heavy atom. The summed E-state index contributed by atoms with van der Waals surface area (Å²) in [6, 6.07) is 29.6. The van der Waals surface area contributed by atoms with Gasteiger partial charge in [-0.15, -0.1) is 0 Å². The average Bonchev–Trinajstić information content (AvgIpc) is 3.51. The molecule has 42 heavy (non-hydrogen) atoms. The van der Waals surface area contributed by atoms with Crippen LogP contribution in [-0.2, 0) is 38.8 Å². The van der Waals surface area contributed by atoms with Crippen molar-refractivity contribution in [2.75, 3.05) is 18.5 Å². The van der Waals surface area contributed by atoms with Crippen LogP contribution in [-0.4, -0.2) is 59.5 Å². The van der Waals surface area contributed by atoms with Crippen molar-refractivity contribution in [2.45, 2.75) is 57.3 Å². The van der Waals surface area contributed by atoms with Crippen LogP contribution in [0.2, 0.25) is 0 Å². The number of benzene rings is 3. The molecule has 1 aromatic heterocycles. The van der Waals surface area contributed by atoms with Crippen LogP contribution >= 0.6 is 11.3 Å². The molecule has 5 rings (SSSR count). The molecule has 0 radical (unpaired) electrons. The fraction of sp³-hybridized carbons (Fsp3) is 0.333. The molecule has 4 aromatic rings. The first-order chi connectivity index (χ1) is 20.6. The zero-order valence-electron chi connectivity index (χ0n) is 23.5. The highest BCUT2D eigenvalue weighted by atomic mass is 32.1. The van der Waals surface area contributed by atoms with E-state index in [1.54, 1.807) is 6.20 Å². The fourth-order valence-corrected chi connectivity index (χ4v) is 5.52. The largest absolute Gasteiger partial charge is 0.387 e. The van der Waals surface area contributed by atoms with Crippen molar-refractivity contribution in [1.82, 2.24) is 4.98 Å². The number of nitrogens with one attached hydrogen (secondary N) is 1. The summed E-state index contributed by atoms with van der Waals surface area (Å²) < 4.78 is 25.3. The number of hydrogen-bond acceptors (Lipinski definition) is 9. The number of nitrogens with zero attached hydrogens (tertiary/aromatic N) is 1. The molecule has 0 bridgehead atoms. The summed E-state index contributed by atoms with van der Waals surface area (Å²) in [4.78, 5) is 16.7. The Labute approximate surface area is 250 Å². The molecule has 0 aliphatic carbocycles. The van der Waals surface area contributed by atoms with Gasteiger partial charge < -0.3 is 29.4 Å². The van der Waals surface area contributed by atoms with E-state index in [-0.39, 0.29) is 12.4 Å². The van der Waals surface area contributed by atoms with Crippen molar-refractivity contribution < 1.29 is 28.8 Å². The first-order valence-corrected chi connectivity index (χ1v) is 14.9. The second kappa shape index (κ2) is 15.2. The zero-order valence-corrected chi connectivity index (χ0v) is 24.3. The quantitative estimate of drug-likeness (QED) is 0.192. The van der Waals surface area contributed by atoms with Gasteiger partial charge in [-0.1, -0.05) is 102 Å². The molecule has 9 heteroatoms. The first kappa shape index (κ1) is 30.0. The number of thiazole rings is 1. The SMILES string of the molecule is CC(=O)c1cnc(NC[C@H]2O[C@H](COCc3ccccc3)[C@@H](O)[C@H](OCc3ccccc3)[C@@H]2OCc2ccccc2)s1. The van der Waals surface area contributed by atoms with Gasteiger partial charge in [-0.25, -0.2) is 4.98 Å². The van der Waals surface area contributed by atoms with Crippen molar-refractivity contribution in [1.29, 1.82) is 0 Å². The minimum Gasteiger partial charge on any atom is -0.387 e. The summed E-state index contributed by atoms with van der Waals surface area (Å²) in [6.45, 7) is 3.05. The van der Waals surface area contributed by atoms with Gasteiger partial charge in [0.25, 0.3) is 0 Å². The number of aromatic nitrogens is 1. The molecule has 1 aliphatic rings. The molecule has 2 N–H and O–H groups in total. The summed E-state index contributed by atoms with van der Waals surface area (Å²) in [7, 11) is 0. The summed E-state index contributed by atoms with van der Waals surface area (Å²) in [5, 5.41) is 15.5. The Bertz CT molecular complexity index is 1370. The first-order valence-electron chi connectivity index (χ1n) is 14.0. The molecule has 5 atom stereocenters. The molecule has 220 valence electrons. The lowest BCUT2D eigenvalue weighted by molar-refractivity contribution is -0.257. The van der Waals surface area contributed by atoms with Crippen molar-refractivity contribution >= 4 is 22.3 Å². The van der Waals surface area contributed by atoms with Crippen LogP contribution in [0.5, 0.6) is 0 Å². The van der Waals surface area contributed by atoms with Crippen LogP contribution in [0.1, 0.15) is 33.3 Å². The Kier molecular flexibility index (Phi) is 10.8. The van der Waals surface area contributed by atoms with E-state index in [0.717, 1.165) is 16.7 Å². The Balaban J connectivity index is 1.35. The topological polar surface area (TPSA) is 99.1 Å². The third-order valence-electron chi connectivity index (χ3n) is 7.03. The van der Waals surface area contributed by atoms with Crippen molar-refractivity contribution in [2.24, 2.45) is 0 Å². The van der Waals surface area contributed by atoms with E-state index in [4.69, 9.17) is 18.9 Å². The smallest absolute Gasteiger partial charge is 0.183 e. The van der Waals surface area contributed by atoms with E-state index in [1.807, 2.05) is 91.0 Å². The molecular formula is C33H36N2O6S. The van der Waals surface area contributed by atoms with E-state index < -0.39 is 30.5 Å². The Morgan fingerprint density at radius 2 is 1.38 bits per heavy atom. The van der Waals surface area contributed by atoms with Crippen LogP contribution in [0.3, 0.4) is 0 Å². The van der Waals surface area contributed by atoms with Gasteiger partial charge in [-0.3, -0.25) is 4.79 Å². The van der Waals surface area contributed by atoms with E-state index in [1.165, 1.54) is 18.3 Å². The maximum Gasteiger partial charge on any atom is 0.183 e. The number of Topliss-reactive ketones (excluding diaryl/α,β-unsaturated/α-hetero) is 1. The van der Waals surface area contributed by atoms with Crippen LogP contribution in [0.4, 0.5) is 5.13 Å². The van der Waals surface area contributed by atoms with Gasteiger partial charge in [0.1, 0.15) is 30.5 Å². The van der Waals surface area contributed by atoms with Crippen molar-refractivity contribution in [3.05, 3.63) is 119 Å². The van der Waals surface area contributed by atoms with E-state index >= 15 is 0 Å². The molecule has 0 unspecified atom stereocenters. The Morgan fingerprint density at radius 3 is 1.93 bits per heavy atom. The minimum atomic E-state index is -0.995. The van der Waals surface area contributed by atoms with Crippen LogP contribution < -0.4 is 5.32 Å². The van der Waals surface area contributed by atoms with Crippen LogP contribution in [0.25, 0.3) is 0 Å². The number of carbonyl (C=O) groups is 1. The average molecular weight is 589 g/mol. The van der Waals surface area contributed by atoms with Gasteiger partial charge >= 0.3 is 0 Å². The molecule has 0 saturated carbocycles. The zero-order chi connectivity index (χ0) is 29.1. The summed E-state index contributed by atoms with van der Waals surface area (Å²) in [5.74, 6) is -0.0355. The number of ether oxygens (including phenoxy) is 4. The number of rotatable bonds is 14. The van der Waals surface area contributed by atoms with Gasteiger partial charge in [-0.2, -0.15) is 0 Å². The third kappa shape index (κ3) is 8.32. The number of carbonyl (C=O) groups excluding carboxylic acids is 1. The molecule has 8 nitrogen and oxygen atoms in total. The predicted octanol–water partition coefficient (Wildman–Crippen LogP) is 5.27. The van der Waals surface area contributed by atoms with Gasteiger partial charge in [0, 0.05) is 13.5 Å². The van der Waals surface area contributed by atoms with Gasteiger partial charge in [0.15, 0.2) is 10.9 Å². The number of aliphatic hydroxyl groups is 1. The molecule has 0 spiro atoms. The summed E-state index contributed by atoms with van der Waals surface area (Å²) in [6.07, 6.45) is -1.88. The predicted molar refractivity (Wildman–Crippen MR) is 161 cm³/mol. The number of anilines is 1. The lowest BCUT2D eigenvalue weighted by Gasteiger charge is -2.44. The third-order valence-corrected chi connectivity index (χ3v) is 8.08. The van der Waals surface area contributed by atoms with E-state index in [9.17, 15) is 9.90 Å². The molecular weight excluding hydrogens is 552 g/mol. The second-order valence-corrected chi connectivity index (χ2v) is 11.2. The summed E-state index contributed by atoms with van der Waals surface area (Å²) >= 11 is 1.29.